The van der Waals surface area contributed by atoms with Crippen molar-refractivity contribution in [2.75, 3.05) is 13.2 Å². The molecule has 0 aliphatic rings. The number of rotatable bonds is 4. The van der Waals surface area contributed by atoms with Gasteiger partial charge in [-0.25, -0.2) is 0 Å². The summed E-state index contributed by atoms with van der Waals surface area (Å²) in [6, 6.07) is 6.97. The molecule has 0 radical (unpaired) electrons. The molecule has 0 saturated heterocycles. The largest absolute Gasteiger partial charge is 0.506 e. The van der Waals surface area contributed by atoms with E-state index in [-0.39, 0.29) is 5.75 Å². The van der Waals surface area contributed by atoms with Crippen molar-refractivity contribution in [3.8, 4) is 11.5 Å². The first kappa shape index (κ1) is 19.1. The van der Waals surface area contributed by atoms with Crippen LogP contribution in [0.2, 0.25) is 5.02 Å². The highest BCUT2D eigenvalue weighted by Gasteiger charge is 2.30. The quantitative estimate of drug-likeness (QED) is 0.823. The van der Waals surface area contributed by atoms with Gasteiger partial charge in [0.2, 0.25) is 0 Å². The van der Waals surface area contributed by atoms with Crippen LogP contribution in [0.25, 0.3) is 0 Å². The second-order valence-electron chi connectivity index (χ2n) is 4.34. The van der Waals surface area contributed by atoms with Crippen LogP contribution in [0.15, 0.2) is 42.7 Å². The molecule has 3 N–H and O–H groups in total. The smallest absolute Gasteiger partial charge is 0.417 e. The van der Waals surface area contributed by atoms with Crippen LogP contribution >= 0.6 is 11.6 Å². The zero-order valence-corrected chi connectivity index (χ0v) is 12.8. The van der Waals surface area contributed by atoms with E-state index in [0.717, 1.165) is 18.7 Å². The predicted octanol–water partition coefficient (Wildman–Crippen LogP) is 3.87. The summed E-state index contributed by atoms with van der Waals surface area (Å²) in [7, 11) is 0. The van der Waals surface area contributed by atoms with Gasteiger partial charge in [-0.15, -0.1) is 0 Å². The lowest BCUT2D eigenvalue weighted by Gasteiger charge is -2.05. The van der Waals surface area contributed by atoms with Gasteiger partial charge in [-0.05, 0) is 37.2 Å². The molecular weight excluding hydrogens is 333 g/mol. The number of pyridine rings is 1. The maximum absolute atomic E-state index is 11.7. The molecule has 4 nitrogen and oxygen atoms in total. The SMILES string of the molecule is FC(F)(F)c1cccnc1.NCCCOc1ccc(O)c(Cl)c1. The van der Waals surface area contributed by atoms with E-state index in [9.17, 15) is 13.2 Å². The Kier molecular flexibility index (Phi) is 7.64. The molecule has 1 aromatic heterocycles. The van der Waals surface area contributed by atoms with E-state index in [0.29, 0.717) is 23.9 Å². The molecule has 0 aliphatic carbocycles. The number of hydrogen-bond acceptors (Lipinski definition) is 4. The van der Waals surface area contributed by atoms with Crippen LogP contribution in [-0.4, -0.2) is 23.2 Å². The van der Waals surface area contributed by atoms with Crippen molar-refractivity contribution in [3.63, 3.8) is 0 Å². The Hall–Kier alpha value is -1.99. The number of phenols is 1. The summed E-state index contributed by atoms with van der Waals surface area (Å²) < 4.78 is 40.6. The first-order chi connectivity index (χ1) is 10.8. The van der Waals surface area contributed by atoms with Gasteiger partial charge in [0.05, 0.1) is 17.2 Å². The van der Waals surface area contributed by atoms with E-state index in [1.807, 2.05) is 0 Å². The van der Waals surface area contributed by atoms with Crippen molar-refractivity contribution in [2.45, 2.75) is 12.6 Å². The fourth-order valence-electron chi connectivity index (χ4n) is 1.38. The molecule has 0 saturated carbocycles. The summed E-state index contributed by atoms with van der Waals surface area (Å²) in [5.74, 6) is 0.712. The van der Waals surface area contributed by atoms with E-state index >= 15 is 0 Å². The molecule has 0 fully saturated rings. The minimum Gasteiger partial charge on any atom is -0.506 e. The molecule has 0 unspecified atom stereocenters. The fourth-order valence-corrected chi connectivity index (χ4v) is 1.55. The van der Waals surface area contributed by atoms with Gasteiger partial charge < -0.3 is 15.6 Å². The summed E-state index contributed by atoms with van der Waals surface area (Å²) in [5.41, 5.74) is 4.59. The van der Waals surface area contributed by atoms with Crippen molar-refractivity contribution in [1.29, 1.82) is 0 Å². The van der Waals surface area contributed by atoms with Crippen LogP contribution in [0.3, 0.4) is 0 Å². The molecule has 0 amide bonds. The summed E-state index contributed by atoms with van der Waals surface area (Å²) in [6.07, 6.45) is -1.37. The zero-order chi connectivity index (χ0) is 17.3. The van der Waals surface area contributed by atoms with Crippen molar-refractivity contribution in [3.05, 3.63) is 53.3 Å². The molecule has 2 rings (SSSR count). The van der Waals surface area contributed by atoms with Gasteiger partial charge in [0.1, 0.15) is 11.5 Å². The molecule has 0 spiro atoms. The number of nitrogens with two attached hydrogens (primary N) is 1. The Morgan fingerprint density at radius 2 is 2.00 bits per heavy atom. The van der Waals surface area contributed by atoms with E-state index < -0.39 is 11.7 Å². The second-order valence-corrected chi connectivity index (χ2v) is 4.75. The van der Waals surface area contributed by atoms with Gasteiger partial charge in [-0.1, -0.05) is 11.6 Å². The molecule has 1 aromatic carbocycles. The number of aromatic nitrogens is 1. The Labute approximate surface area is 136 Å². The van der Waals surface area contributed by atoms with Gasteiger partial charge in [-0.2, -0.15) is 13.2 Å². The Bertz CT molecular complexity index is 595. The number of aromatic hydroxyl groups is 1. The zero-order valence-electron chi connectivity index (χ0n) is 12.1. The van der Waals surface area contributed by atoms with Crippen LogP contribution in [0, 0.1) is 0 Å². The highest BCUT2D eigenvalue weighted by molar-refractivity contribution is 6.32. The van der Waals surface area contributed by atoms with Crippen molar-refractivity contribution < 1.29 is 23.0 Å². The van der Waals surface area contributed by atoms with Gasteiger partial charge in [0.15, 0.2) is 0 Å². The topological polar surface area (TPSA) is 68.4 Å². The number of ether oxygens (including phenoxy) is 1. The molecule has 23 heavy (non-hydrogen) atoms. The molecule has 126 valence electrons. The Balaban J connectivity index is 0.000000238. The number of halogens is 4. The third kappa shape index (κ3) is 7.21. The standard InChI is InChI=1S/C9H12ClNO2.C6H4F3N/c10-8-6-7(2-3-9(8)12)13-5-1-4-11;7-6(8,9)5-2-1-3-10-4-5/h2-3,6,12H,1,4-5,11H2;1-4H. The fraction of sp³-hybridized carbons (Fsp3) is 0.267. The van der Waals surface area contributed by atoms with Crippen molar-refractivity contribution in [2.24, 2.45) is 5.73 Å². The lowest BCUT2D eigenvalue weighted by Crippen LogP contribution is -2.05. The number of hydrogen-bond donors (Lipinski definition) is 2. The summed E-state index contributed by atoms with van der Waals surface area (Å²) in [6.45, 7) is 1.17. The van der Waals surface area contributed by atoms with E-state index in [2.05, 4.69) is 4.98 Å². The summed E-state index contributed by atoms with van der Waals surface area (Å²) in [5, 5.41) is 9.40. The lowest BCUT2D eigenvalue weighted by atomic mass is 10.3. The third-order valence-corrected chi connectivity index (χ3v) is 2.83. The molecule has 2 aromatic rings. The molecule has 0 atom stereocenters. The van der Waals surface area contributed by atoms with E-state index in [1.165, 1.54) is 18.3 Å². The lowest BCUT2D eigenvalue weighted by molar-refractivity contribution is -0.137. The van der Waals surface area contributed by atoms with Crippen LogP contribution in [-0.2, 0) is 6.18 Å². The molecule has 0 aliphatic heterocycles. The van der Waals surface area contributed by atoms with Gasteiger partial charge in [0.25, 0.3) is 0 Å². The minimum atomic E-state index is -4.27. The number of nitrogens with zero attached hydrogens (tertiary/aromatic N) is 1. The predicted molar refractivity (Wildman–Crippen MR) is 81.5 cm³/mol. The summed E-state index contributed by atoms with van der Waals surface area (Å²) in [4.78, 5) is 3.33. The average Bonchev–Trinajstić information content (AvgIpc) is 2.52. The second kappa shape index (κ2) is 9.22. The van der Waals surface area contributed by atoms with Gasteiger partial charge in [0, 0.05) is 18.5 Å². The monoisotopic (exact) mass is 348 g/mol. The van der Waals surface area contributed by atoms with Gasteiger partial charge >= 0.3 is 6.18 Å². The number of phenolic OH excluding ortho intramolecular Hbond substituents is 1. The first-order valence-corrected chi connectivity index (χ1v) is 7.01. The van der Waals surface area contributed by atoms with E-state index in [4.69, 9.17) is 27.2 Å². The van der Waals surface area contributed by atoms with Gasteiger partial charge in [-0.3, -0.25) is 4.98 Å². The van der Waals surface area contributed by atoms with E-state index in [1.54, 1.807) is 12.1 Å². The Morgan fingerprint density at radius 1 is 1.26 bits per heavy atom. The van der Waals surface area contributed by atoms with Crippen LogP contribution in [0.1, 0.15) is 12.0 Å². The van der Waals surface area contributed by atoms with Crippen molar-refractivity contribution >= 4 is 11.6 Å². The maximum atomic E-state index is 11.7. The molecule has 0 bridgehead atoms. The number of alkyl halides is 3. The normalized spacial score (nSPS) is 10.7. The molecule has 1 heterocycles. The third-order valence-electron chi connectivity index (χ3n) is 2.53. The Morgan fingerprint density at radius 3 is 2.48 bits per heavy atom. The highest BCUT2D eigenvalue weighted by atomic mass is 35.5. The molecular formula is C15H16ClF3N2O2. The minimum absolute atomic E-state index is 0.0628. The highest BCUT2D eigenvalue weighted by Crippen LogP contribution is 2.28. The van der Waals surface area contributed by atoms with Crippen molar-refractivity contribution in [1.82, 2.24) is 4.98 Å². The van der Waals surface area contributed by atoms with Crippen LogP contribution in [0.4, 0.5) is 13.2 Å². The van der Waals surface area contributed by atoms with Crippen LogP contribution in [0.5, 0.6) is 11.5 Å². The first-order valence-electron chi connectivity index (χ1n) is 6.63. The van der Waals surface area contributed by atoms with Crippen LogP contribution < -0.4 is 10.5 Å². The summed E-state index contributed by atoms with van der Waals surface area (Å²) >= 11 is 5.67. The average molecular weight is 349 g/mol. The maximum Gasteiger partial charge on any atom is 0.417 e. The number of benzene rings is 1. The molecule has 8 heteroatoms.